The van der Waals surface area contributed by atoms with Crippen LogP contribution in [0.4, 0.5) is 5.69 Å². The van der Waals surface area contributed by atoms with E-state index in [1.165, 1.54) is 11.1 Å². The molecule has 0 spiro atoms. The monoisotopic (exact) mass is 239 g/mol. The lowest BCUT2D eigenvalue weighted by Gasteiger charge is -2.10. The first-order valence-electron chi connectivity index (χ1n) is 6.09. The molecule has 2 aromatic rings. The molecule has 0 unspecified atom stereocenters. The number of rotatable bonds is 3. The zero-order chi connectivity index (χ0) is 13.1. The van der Waals surface area contributed by atoms with E-state index in [0.717, 1.165) is 12.1 Å². The minimum Gasteiger partial charge on any atom is -0.397 e. The molecule has 0 aliphatic heterocycles. The van der Waals surface area contributed by atoms with E-state index in [0.29, 0.717) is 17.9 Å². The summed E-state index contributed by atoms with van der Waals surface area (Å²) in [5, 5.41) is 9.16. The number of nitrogens with two attached hydrogens (primary N) is 1. The van der Waals surface area contributed by atoms with Gasteiger partial charge in [0.05, 0.1) is 5.69 Å². The van der Waals surface area contributed by atoms with Crippen LogP contribution in [0.25, 0.3) is 0 Å². The van der Waals surface area contributed by atoms with E-state index in [9.17, 15) is 0 Å². The molecule has 1 aromatic heterocycles. The van der Waals surface area contributed by atoms with Crippen molar-refractivity contribution in [2.24, 2.45) is 0 Å². The molecule has 0 amide bonds. The number of hydrogen-bond donors (Lipinski definition) is 1. The molecular formula is C15H17N3. The fraction of sp³-hybridized carbons (Fsp3) is 0.267. The molecule has 0 saturated heterocycles. The average Bonchev–Trinajstić information content (AvgIpc) is 2.65. The summed E-state index contributed by atoms with van der Waals surface area (Å²) in [5.74, 6) is 0. The maximum atomic E-state index is 9.16. The van der Waals surface area contributed by atoms with E-state index in [2.05, 4.69) is 38.1 Å². The predicted molar refractivity (Wildman–Crippen MR) is 73.2 cm³/mol. The standard InChI is InChI=1S/C15H17N3/c1-3-15-14(17)8-13(9-16)18(15)10-12-6-4-5-11(2)7-12/h4-8H,3,10,17H2,1-2H3. The van der Waals surface area contributed by atoms with Crippen LogP contribution in [0.2, 0.25) is 0 Å². The Labute approximate surface area is 107 Å². The smallest absolute Gasteiger partial charge is 0.122 e. The zero-order valence-corrected chi connectivity index (χ0v) is 10.8. The summed E-state index contributed by atoms with van der Waals surface area (Å²) < 4.78 is 2.00. The summed E-state index contributed by atoms with van der Waals surface area (Å²) in [6.45, 7) is 4.82. The van der Waals surface area contributed by atoms with E-state index in [1.807, 2.05) is 10.6 Å². The minimum absolute atomic E-state index is 0.630. The topological polar surface area (TPSA) is 54.7 Å². The lowest BCUT2D eigenvalue weighted by Crippen LogP contribution is -2.07. The molecule has 92 valence electrons. The maximum absolute atomic E-state index is 9.16. The quantitative estimate of drug-likeness (QED) is 0.895. The van der Waals surface area contributed by atoms with Crippen molar-refractivity contribution < 1.29 is 0 Å². The van der Waals surface area contributed by atoms with Crippen LogP contribution in [-0.4, -0.2) is 4.57 Å². The second-order valence-corrected chi connectivity index (χ2v) is 4.47. The molecule has 3 nitrogen and oxygen atoms in total. The van der Waals surface area contributed by atoms with Crippen molar-refractivity contribution in [1.29, 1.82) is 5.26 Å². The summed E-state index contributed by atoms with van der Waals surface area (Å²) in [4.78, 5) is 0. The third-order valence-corrected chi connectivity index (χ3v) is 3.11. The Balaban J connectivity index is 2.42. The highest BCUT2D eigenvalue weighted by molar-refractivity contribution is 5.51. The number of aryl methyl sites for hydroxylation is 1. The van der Waals surface area contributed by atoms with Crippen LogP contribution in [0, 0.1) is 18.3 Å². The van der Waals surface area contributed by atoms with Crippen molar-refractivity contribution in [2.45, 2.75) is 26.8 Å². The predicted octanol–water partition coefficient (Wildman–Crippen LogP) is 2.86. The lowest BCUT2D eigenvalue weighted by molar-refractivity contribution is 0.742. The molecule has 0 saturated carbocycles. The summed E-state index contributed by atoms with van der Waals surface area (Å²) >= 11 is 0. The first kappa shape index (κ1) is 12.3. The number of nitrogen functional groups attached to an aromatic ring is 1. The zero-order valence-electron chi connectivity index (χ0n) is 10.8. The van der Waals surface area contributed by atoms with E-state index in [1.54, 1.807) is 6.07 Å². The SMILES string of the molecule is CCc1c(N)cc(C#N)n1Cc1cccc(C)c1. The van der Waals surface area contributed by atoms with E-state index >= 15 is 0 Å². The van der Waals surface area contributed by atoms with Gasteiger partial charge in [0.2, 0.25) is 0 Å². The molecule has 0 aliphatic rings. The van der Waals surface area contributed by atoms with Gasteiger partial charge in [0.25, 0.3) is 0 Å². The minimum atomic E-state index is 0.630. The second-order valence-electron chi connectivity index (χ2n) is 4.47. The van der Waals surface area contributed by atoms with Crippen LogP contribution in [0.15, 0.2) is 30.3 Å². The first-order chi connectivity index (χ1) is 8.65. The average molecular weight is 239 g/mol. The largest absolute Gasteiger partial charge is 0.397 e. The van der Waals surface area contributed by atoms with Crippen molar-refractivity contribution >= 4 is 5.69 Å². The van der Waals surface area contributed by atoms with Gasteiger partial charge < -0.3 is 10.3 Å². The number of nitriles is 1. The third kappa shape index (κ3) is 2.23. The summed E-state index contributed by atoms with van der Waals surface area (Å²) in [6, 6.07) is 12.3. The Morgan fingerprint density at radius 1 is 1.33 bits per heavy atom. The van der Waals surface area contributed by atoms with Crippen molar-refractivity contribution in [2.75, 3.05) is 5.73 Å². The van der Waals surface area contributed by atoms with E-state index in [-0.39, 0.29) is 0 Å². The maximum Gasteiger partial charge on any atom is 0.122 e. The Morgan fingerprint density at radius 3 is 2.72 bits per heavy atom. The number of benzene rings is 1. The molecule has 0 radical (unpaired) electrons. The fourth-order valence-corrected chi connectivity index (χ4v) is 2.27. The molecule has 3 heteroatoms. The van der Waals surface area contributed by atoms with Crippen LogP contribution in [0.3, 0.4) is 0 Å². The molecule has 1 heterocycles. The molecule has 0 fully saturated rings. The molecule has 2 N–H and O–H groups in total. The Bertz CT molecular complexity index is 603. The second kappa shape index (κ2) is 4.97. The van der Waals surface area contributed by atoms with Gasteiger partial charge in [0.1, 0.15) is 11.8 Å². The van der Waals surface area contributed by atoms with Gasteiger partial charge in [-0.15, -0.1) is 0 Å². The number of anilines is 1. The molecule has 0 bridgehead atoms. The first-order valence-corrected chi connectivity index (χ1v) is 6.09. The molecule has 0 atom stereocenters. The van der Waals surface area contributed by atoms with Crippen molar-refractivity contribution in [3.05, 3.63) is 52.8 Å². The lowest BCUT2D eigenvalue weighted by atomic mass is 10.1. The highest BCUT2D eigenvalue weighted by Crippen LogP contribution is 2.20. The fourth-order valence-electron chi connectivity index (χ4n) is 2.27. The van der Waals surface area contributed by atoms with Crippen LogP contribution in [-0.2, 0) is 13.0 Å². The van der Waals surface area contributed by atoms with Crippen molar-refractivity contribution in [3.8, 4) is 6.07 Å². The molecular weight excluding hydrogens is 222 g/mol. The highest BCUT2D eigenvalue weighted by atomic mass is 15.0. The van der Waals surface area contributed by atoms with Gasteiger partial charge >= 0.3 is 0 Å². The van der Waals surface area contributed by atoms with Gasteiger partial charge in [0.15, 0.2) is 0 Å². The summed E-state index contributed by atoms with van der Waals surface area (Å²) in [7, 11) is 0. The van der Waals surface area contributed by atoms with Gasteiger partial charge in [-0.1, -0.05) is 36.8 Å². The van der Waals surface area contributed by atoms with Gasteiger partial charge in [-0.3, -0.25) is 0 Å². The van der Waals surface area contributed by atoms with Crippen LogP contribution in [0.5, 0.6) is 0 Å². The van der Waals surface area contributed by atoms with E-state index in [4.69, 9.17) is 11.0 Å². The van der Waals surface area contributed by atoms with Crippen LogP contribution in [0.1, 0.15) is 29.4 Å². The molecule has 0 aliphatic carbocycles. The third-order valence-electron chi connectivity index (χ3n) is 3.11. The summed E-state index contributed by atoms with van der Waals surface area (Å²) in [5.41, 5.74) is 10.7. The van der Waals surface area contributed by atoms with Gasteiger partial charge in [-0.2, -0.15) is 5.26 Å². The number of aromatic nitrogens is 1. The van der Waals surface area contributed by atoms with E-state index < -0.39 is 0 Å². The number of hydrogen-bond acceptors (Lipinski definition) is 2. The van der Waals surface area contributed by atoms with Gasteiger partial charge in [0, 0.05) is 12.2 Å². The van der Waals surface area contributed by atoms with Gasteiger partial charge in [-0.25, -0.2) is 0 Å². The van der Waals surface area contributed by atoms with Gasteiger partial charge in [-0.05, 0) is 25.0 Å². The number of nitrogens with zero attached hydrogens (tertiary/aromatic N) is 2. The van der Waals surface area contributed by atoms with Crippen LogP contribution < -0.4 is 5.73 Å². The van der Waals surface area contributed by atoms with Crippen molar-refractivity contribution in [3.63, 3.8) is 0 Å². The Morgan fingerprint density at radius 2 is 2.11 bits per heavy atom. The normalized spacial score (nSPS) is 10.3. The van der Waals surface area contributed by atoms with Crippen molar-refractivity contribution in [1.82, 2.24) is 4.57 Å². The summed E-state index contributed by atoms with van der Waals surface area (Å²) in [6.07, 6.45) is 0.833. The molecule has 1 aromatic carbocycles. The highest BCUT2D eigenvalue weighted by Gasteiger charge is 2.11. The molecule has 2 rings (SSSR count). The Kier molecular flexibility index (Phi) is 3.38. The Hall–Kier alpha value is -2.21. The molecule has 18 heavy (non-hydrogen) atoms. The van der Waals surface area contributed by atoms with Crippen LogP contribution >= 0.6 is 0 Å².